The minimum absolute atomic E-state index is 0.753. The first kappa shape index (κ1) is 9.10. The Bertz CT molecular complexity index is 447. The predicted octanol–water partition coefficient (Wildman–Crippen LogP) is 4.29. The van der Waals surface area contributed by atoms with E-state index in [1.165, 1.54) is 0 Å². The molecule has 0 unspecified atom stereocenters. The SMILES string of the molecule is Cc1c(Cl)ccc2c(CBr)coc12. The maximum atomic E-state index is 5.97. The monoisotopic (exact) mass is 258 g/mol. The van der Waals surface area contributed by atoms with Crippen molar-refractivity contribution >= 4 is 38.5 Å². The minimum Gasteiger partial charge on any atom is -0.464 e. The van der Waals surface area contributed by atoms with Gasteiger partial charge >= 0.3 is 0 Å². The maximum Gasteiger partial charge on any atom is 0.138 e. The lowest BCUT2D eigenvalue weighted by Gasteiger charge is -1.97. The lowest BCUT2D eigenvalue weighted by molar-refractivity contribution is 0.610. The molecule has 3 heteroatoms. The molecule has 1 aromatic carbocycles. The van der Waals surface area contributed by atoms with Crippen LogP contribution in [0.3, 0.4) is 0 Å². The number of alkyl halides is 1. The molecule has 0 bridgehead atoms. The number of furan rings is 1. The standard InChI is InChI=1S/C10H8BrClO/c1-6-9(12)3-2-8-7(4-11)5-13-10(6)8/h2-3,5H,4H2,1H3. The quantitative estimate of drug-likeness (QED) is 0.696. The van der Waals surface area contributed by atoms with E-state index in [0.717, 1.165) is 32.4 Å². The van der Waals surface area contributed by atoms with Gasteiger partial charge in [-0.3, -0.25) is 0 Å². The van der Waals surface area contributed by atoms with Crippen LogP contribution in [0.25, 0.3) is 11.0 Å². The van der Waals surface area contributed by atoms with E-state index in [1.807, 2.05) is 19.1 Å². The molecule has 0 aliphatic rings. The Morgan fingerprint density at radius 1 is 1.46 bits per heavy atom. The van der Waals surface area contributed by atoms with E-state index < -0.39 is 0 Å². The molecule has 2 rings (SSSR count). The van der Waals surface area contributed by atoms with Gasteiger partial charge < -0.3 is 4.42 Å². The zero-order valence-corrected chi connectivity index (χ0v) is 9.45. The van der Waals surface area contributed by atoms with E-state index in [-0.39, 0.29) is 0 Å². The summed E-state index contributed by atoms with van der Waals surface area (Å²) >= 11 is 9.38. The molecule has 1 heterocycles. The number of halogens is 2. The summed E-state index contributed by atoms with van der Waals surface area (Å²) in [5, 5.41) is 2.70. The van der Waals surface area contributed by atoms with Crippen molar-refractivity contribution < 1.29 is 4.42 Å². The van der Waals surface area contributed by atoms with Crippen LogP contribution in [0.5, 0.6) is 0 Å². The highest BCUT2D eigenvalue weighted by atomic mass is 79.9. The molecule has 0 N–H and O–H groups in total. The molecular formula is C10H8BrClO. The molecule has 0 spiro atoms. The summed E-state index contributed by atoms with van der Waals surface area (Å²) < 4.78 is 5.44. The largest absolute Gasteiger partial charge is 0.464 e. The third-order valence-electron chi connectivity index (χ3n) is 2.15. The molecule has 0 radical (unpaired) electrons. The van der Waals surface area contributed by atoms with Crippen molar-refractivity contribution in [3.05, 3.63) is 34.5 Å². The first-order valence-electron chi connectivity index (χ1n) is 3.95. The Morgan fingerprint density at radius 3 is 2.92 bits per heavy atom. The van der Waals surface area contributed by atoms with Crippen molar-refractivity contribution in [2.24, 2.45) is 0 Å². The van der Waals surface area contributed by atoms with Gasteiger partial charge in [-0.2, -0.15) is 0 Å². The van der Waals surface area contributed by atoms with Crippen LogP contribution in [0.4, 0.5) is 0 Å². The fourth-order valence-electron chi connectivity index (χ4n) is 1.37. The fraction of sp³-hybridized carbons (Fsp3) is 0.200. The average Bonchev–Trinajstić information content (AvgIpc) is 2.55. The van der Waals surface area contributed by atoms with Crippen LogP contribution in [0.15, 0.2) is 22.8 Å². The highest BCUT2D eigenvalue weighted by Crippen LogP contribution is 2.29. The van der Waals surface area contributed by atoms with Gasteiger partial charge in [0.2, 0.25) is 0 Å². The second-order valence-corrected chi connectivity index (χ2v) is 3.91. The number of hydrogen-bond donors (Lipinski definition) is 0. The average molecular weight is 260 g/mol. The van der Waals surface area contributed by atoms with Crippen LogP contribution in [0.1, 0.15) is 11.1 Å². The lowest BCUT2D eigenvalue weighted by atomic mass is 10.1. The number of benzene rings is 1. The molecule has 68 valence electrons. The molecule has 2 aromatic rings. The van der Waals surface area contributed by atoms with E-state index in [9.17, 15) is 0 Å². The molecule has 0 amide bonds. The lowest BCUT2D eigenvalue weighted by Crippen LogP contribution is -1.77. The van der Waals surface area contributed by atoms with Gasteiger partial charge in [-0.05, 0) is 19.1 Å². The predicted molar refractivity (Wildman–Crippen MR) is 58.6 cm³/mol. The molecule has 13 heavy (non-hydrogen) atoms. The van der Waals surface area contributed by atoms with Crippen LogP contribution >= 0.6 is 27.5 Å². The molecule has 0 fully saturated rings. The summed E-state index contributed by atoms with van der Waals surface area (Å²) in [7, 11) is 0. The molecule has 0 aliphatic heterocycles. The van der Waals surface area contributed by atoms with E-state index in [4.69, 9.17) is 16.0 Å². The molecule has 0 saturated carbocycles. The third-order valence-corrected chi connectivity index (χ3v) is 3.16. The van der Waals surface area contributed by atoms with Crippen molar-refractivity contribution in [2.75, 3.05) is 0 Å². The van der Waals surface area contributed by atoms with Crippen molar-refractivity contribution in [1.82, 2.24) is 0 Å². The van der Waals surface area contributed by atoms with Gasteiger partial charge in [0, 0.05) is 26.9 Å². The van der Waals surface area contributed by atoms with Gasteiger partial charge in [-0.1, -0.05) is 27.5 Å². The van der Waals surface area contributed by atoms with Crippen LogP contribution in [-0.4, -0.2) is 0 Å². The van der Waals surface area contributed by atoms with E-state index in [0.29, 0.717) is 0 Å². The number of fused-ring (bicyclic) bond motifs is 1. The summed E-state index contributed by atoms with van der Waals surface area (Å²) in [6.07, 6.45) is 1.77. The Hall–Kier alpha value is -0.470. The summed E-state index contributed by atoms with van der Waals surface area (Å²) in [5.74, 6) is 0. The maximum absolute atomic E-state index is 5.97. The van der Waals surface area contributed by atoms with Crippen molar-refractivity contribution in [2.45, 2.75) is 12.3 Å². The van der Waals surface area contributed by atoms with Crippen LogP contribution in [0, 0.1) is 6.92 Å². The summed E-state index contributed by atoms with van der Waals surface area (Å²) in [5.41, 5.74) is 3.06. The molecule has 1 nitrogen and oxygen atoms in total. The molecule has 0 atom stereocenters. The zero-order chi connectivity index (χ0) is 9.42. The van der Waals surface area contributed by atoms with Crippen molar-refractivity contribution in [1.29, 1.82) is 0 Å². The normalized spacial score (nSPS) is 11.0. The van der Waals surface area contributed by atoms with Gasteiger partial charge in [0.25, 0.3) is 0 Å². The van der Waals surface area contributed by atoms with Gasteiger partial charge in [-0.15, -0.1) is 0 Å². The Balaban J connectivity index is 2.81. The second kappa shape index (κ2) is 3.35. The Labute approximate surface area is 89.8 Å². The fourth-order valence-corrected chi connectivity index (χ4v) is 1.95. The van der Waals surface area contributed by atoms with Crippen LogP contribution < -0.4 is 0 Å². The zero-order valence-electron chi connectivity index (χ0n) is 7.10. The van der Waals surface area contributed by atoms with Gasteiger partial charge in [0.15, 0.2) is 0 Å². The first-order chi connectivity index (χ1) is 6.24. The van der Waals surface area contributed by atoms with Crippen LogP contribution in [-0.2, 0) is 5.33 Å². The summed E-state index contributed by atoms with van der Waals surface area (Å²) in [6, 6.07) is 3.89. The smallest absolute Gasteiger partial charge is 0.138 e. The second-order valence-electron chi connectivity index (χ2n) is 2.94. The molecule has 0 aliphatic carbocycles. The van der Waals surface area contributed by atoms with Gasteiger partial charge in [-0.25, -0.2) is 0 Å². The third kappa shape index (κ3) is 1.38. The van der Waals surface area contributed by atoms with E-state index >= 15 is 0 Å². The highest BCUT2D eigenvalue weighted by molar-refractivity contribution is 9.08. The molecular weight excluding hydrogens is 251 g/mol. The van der Waals surface area contributed by atoms with E-state index in [1.54, 1.807) is 6.26 Å². The Morgan fingerprint density at radius 2 is 2.23 bits per heavy atom. The molecule has 1 aromatic heterocycles. The number of rotatable bonds is 1. The topological polar surface area (TPSA) is 13.1 Å². The molecule has 0 saturated heterocycles. The minimum atomic E-state index is 0.753. The number of hydrogen-bond acceptors (Lipinski definition) is 1. The number of aryl methyl sites for hydroxylation is 1. The Kier molecular flexibility index (Phi) is 2.35. The van der Waals surface area contributed by atoms with Gasteiger partial charge in [0.1, 0.15) is 5.58 Å². The van der Waals surface area contributed by atoms with Crippen molar-refractivity contribution in [3.63, 3.8) is 0 Å². The van der Waals surface area contributed by atoms with Crippen molar-refractivity contribution in [3.8, 4) is 0 Å². The first-order valence-corrected chi connectivity index (χ1v) is 5.45. The van der Waals surface area contributed by atoms with E-state index in [2.05, 4.69) is 15.9 Å². The highest BCUT2D eigenvalue weighted by Gasteiger charge is 2.08. The summed E-state index contributed by atoms with van der Waals surface area (Å²) in [6.45, 7) is 1.96. The van der Waals surface area contributed by atoms with Gasteiger partial charge in [0.05, 0.1) is 6.26 Å². The van der Waals surface area contributed by atoms with Crippen LogP contribution in [0.2, 0.25) is 5.02 Å². The summed E-state index contributed by atoms with van der Waals surface area (Å²) in [4.78, 5) is 0.